The molecule has 1 N–H and O–H groups in total. The van der Waals surface area contributed by atoms with Crippen molar-refractivity contribution >= 4 is 28.8 Å². The number of halogens is 1. The minimum Gasteiger partial charge on any atom is -0.340 e. The first-order valence-electron chi connectivity index (χ1n) is 5.78. The minimum atomic E-state index is 0.121. The van der Waals surface area contributed by atoms with Crippen LogP contribution < -0.4 is 5.32 Å². The van der Waals surface area contributed by atoms with E-state index in [9.17, 15) is 4.79 Å². The second kappa shape index (κ2) is 5.38. The third-order valence-electron chi connectivity index (χ3n) is 3.23. The number of rotatable bonds is 3. The van der Waals surface area contributed by atoms with Crippen molar-refractivity contribution in [2.75, 3.05) is 20.1 Å². The molecule has 0 unspecified atom stereocenters. The zero-order valence-corrected chi connectivity index (χ0v) is 11.6. The quantitative estimate of drug-likeness (QED) is 0.915. The Morgan fingerprint density at radius 2 is 2.35 bits per heavy atom. The van der Waals surface area contributed by atoms with Crippen LogP contribution in [-0.2, 0) is 11.3 Å². The Morgan fingerprint density at radius 3 is 2.88 bits per heavy atom. The van der Waals surface area contributed by atoms with Gasteiger partial charge in [-0.2, -0.15) is 0 Å². The maximum atomic E-state index is 12.2. The van der Waals surface area contributed by atoms with Gasteiger partial charge in [0, 0.05) is 18.5 Å². The Bertz CT molecular complexity index is 407. The summed E-state index contributed by atoms with van der Waals surface area (Å²) in [5.41, 5.74) is 0. The fourth-order valence-electron chi connectivity index (χ4n) is 2.17. The van der Waals surface area contributed by atoms with E-state index in [0.717, 1.165) is 22.3 Å². The van der Waals surface area contributed by atoms with E-state index < -0.39 is 0 Å². The summed E-state index contributed by atoms with van der Waals surface area (Å²) in [5.74, 6) is 0.777. The van der Waals surface area contributed by atoms with Crippen LogP contribution >= 0.6 is 22.9 Å². The molecular weight excluding hydrogens is 256 g/mol. The van der Waals surface area contributed by atoms with Crippen LogP contribution in [0.3, 0.4) is 0 Å². The molecule has 0 radical (unpaired) electrons. The van der Waals surface area contributed by atoms with E-state index in [2.05, 4.69) is 12.2 Å². The molecule has 1 amide bonds. The van der Waals surface area contributed by atoms with Gasteiger partial charge in [-0.05, 0) is 24.6 Å². The van der Waals surface area contributed by atoms with Gasteiger partial charge in [-0.1, -0.05) is 18.5 Å². The highest BCUT2D eigenvalue weighted by Crippen LogP contribution is 2.24. The SMILES string of the molecule is C[C@@H]1CNC[C@H]1C(=O)N(C)Cc1ccc(Cl)s1. The van der Waals surface area contributed by atoms with Crippen molar-refractivity contribution in [1.82, 2.24) is 10.2 Å². The Morgan fingerprint density at radius 1 is 1.59 bits per heavy atom. The van der Waals surface area contributed by atoms with E-state index in [1.165, 1.54) is 11.3 Å². The molecule has 1 saturated heterocycles. The van der Waals surface area contributed by atoms with Gasteiger partial charge in [0.1, 0.15) is 0 Å². The summed E-state index contributed by atoms with van der Waals surface area (Å²) >= 11 is 7.41. The molecule has 1 aromatic rings. The molecule has 1 aliphatic rings. The summed E-state index contributed by atoms with van der Waals surface area (Å²) in [6.45, 7) is 4.52. The van der Waals surface area contributed by atoms with Crippen LogP contribution in [0.4, 0.5) is 0 Å². The lowest BCUT2D eigenvalue weighted by Crippen LogP contribution is -2.35. The topological polar surface area (TPSA) is 32.3 Å². The number of hydrogen-bond acceptors (Lipinski definition) is 3. The Labute approximate surface area is 111 Å². The lowest BCUT2D eigenvalue weighted by atomic mass is 9.97. The van der Waals surface area contributed by atoms with Gasteiger partial charge in [-0.15, -0.1) is 11.3 Å². The van der Waals surface area contributed by atoms with Crippen LogP contribution in [0.25, 0.3) is 0 Å². The van der Waals surface area contributed by atoms with E-state index in [-0.39, 0.29) is 11.8 Å². The summed E-state index contributed by atoms with van der Waals surface area (Å²) in [5, 5.41) is 3.26. The van der Waals surface area contributed by atoms with E-state index in [0.29, 0.717) is 12.5 Å². The number of hydrogen-bond donors (Lipinski definition) is 1. The highest BCUT2D eigenvalue weighted by Gasteiger charge is 2.31. The van der Waals surface area contributed by atoms with Crippen LogP contribution in [0.1, 0.15) is 11.8 Å². The Hall–Kier alpha value is -0.580. The lowest BCUT2D eigenvalue weighted by molar-refractivity contribution is -0.135. The van der Waals surface area contributed by atoms with E-state index in [4.69, 9.17) is 11.6 Å². The van der Waals surface area contributed by atoms with Crippen molar-refractivity contribution in [3.63, 3.8) is 0 Å². The van der Waals surface area contributed by atoms with Gasteiger partial charge in [-0.3, -0.25) is 4.79 Å². The zero-order valence-electron chi connectivity index (χ0n) is 10.1. The van der Waals surface area contributed by atoms with Gasteiger partial charge >= 0.3 is 0 Å². The molecule has 0 saturated carbocycles. The molecule has 0 aromatic carbocycles. The van der Waals surface area contributed by atoms with Crippen LogP contribution in [0.2, 0.25) is 4.34 Å². The van der Waals surface area contributed by atoms with Crippen molar-refractivity contribution in [3.8, 4) is 0 Å². The summed E-state index contributed by atoms with van der Waals surface area (Å²) < 4.78 is 0.775. The molecule has 1 aliphatic heterocycles. The first kappa shape index (κ1) is 12.9. The summed E-state index contributed by atoms with van der Waals surface area (Å²) in [6.07, 6.45) is 0. The minimum absolute atomic E-state index is 0.121. The predicted octanol–water partition coefficient (Wildman–Crippen LogP) is 2.22. The van der Waals surface area contributed by atoms with Crippen LogP contribution in [0.5, 0.6) is 0 Å². The lowest BCUT2D eigenvalue weighted by Gasteiger charge is -2.22. The average molecular weight is 273 g/mol. The smallest absolute Gasteiger partial charge is 0.227 e. The molecule has 2 atom stereocenters. The van der Waals surface area contributed by atoms with Crippen LogP contribution in [-0.4, -0.2) is 30.9 Å². The fourth-order valence-corrected chi connectivity index (χ4v) is 3.31. The third-order valence-corrected chi connectivity index (χ3v) is 4.45. The Balaban J connectivity index is 1.95. The number of nitrogens with zero attached hydrogens (tertiary/aromatic N) is 1. The van der Waals surface area contributed by atoms with E-state index in [1.54, 1.807) is 4.90 Å². The maximum Gasteiger partial charge on any atom is 0.227 e. The number of amides is 1. The molecule has 0 bridgehead atoms. The second-order valence-corrected chi connectivity index (χ2v) is 6.44. The number of thiophene rings is 1. The molecule has 0 spiro atoms. The molecule has 2 heterocycles. The van der Waals surface area contributed by atoms with E-state index in [1.807, 2.05) is 19.2 Å². The van der Waals surface area contributed by atoms with E-state index >= 15 is 0 Å². The molecule has 3 nitrogen and oxygen atoms in total. The molecule has 94 valence electrons. The summed E-state index contributed by atoms with van der Waals surface area (Å²) in [6, 6.07) is 3.85. The molecule has 1 aromatic heterocycles. The standard InChI is InChI=1S/C12H17ClN2OS/c1-8-5-14-6-10(8)12(16)15(2)7-9-3-4-11(13)17-9/h3-4,8,10,14H,5-7H2,1-2H3/t8-,10-/m1/s1. The number of carbonyl (C=O) groups is 1. The molecular formula is C12H17ClN2OS. The van der Waals surface area contributed by atoms with Crippen LogP contribution in [0, 0.1) is 11.8 Å². The molecule has 17 heavy (non-hydrogen) atoms. The predicted molar refractivity (Wildman–Crippen MR) is 71.3 cm³/mol. The van der Waals surface area contributed by atoms with Crippen molar-refractivity contribution in [2.24, 2.45) is 11.8 Å². The third kappa shape index (κ3) is 3.00. The van der Waals surface area contributed by atoms with Crippen molar-refractivity contribution < 1.29 is 4.79 Å². The first-order valence-corrected chi connectivity index (χ1v) is 6.97. The van der Waals surface area contributed by atoms with Crippen molar-refractivity contribution in [3.05, 3.63) is 21.3 Å². The highest BCUT2D eigenvalue weighted by molar-refractivity contribution is 7.16. The molecule has 0 aliphatic carbocycles. The van der Waals surface area contributed by atoms with Crippen molar-refractivity contribution in [1.29, 1.82) is 0 Å². The normalized spacial score (nSPS) is 23.9. The first-order chi connectivity index (χ1) is 8.08. The summed E-state index contributed by atoms with van der Waals surface area (Å²) in [7, 11) is 1.86. The molecule has 5 heteroatoms. The van der Waals surface area contributed by atoms with Gasteiger partial charge in [0.2, 0.25) is 5.91 Å². The van der Waals surface area contributed by atoms with Gasteiger partial charge in [-0.25, -0.2) is 0 Å². The highest BCUT2D eigenvalue weighted by atomic mass is 35.5. The molecule has 2 rings (SSSR count). The van der Waals surface area contributed by atoms with Gasteiger partial charge in [0.25, 0.3) is 0 Å². The summed E-state index contributed by atoms with van der Waals surface area (Å²) in [4.78, 5) is 15.2. The maximum absolute atomic E-state index is 12.2. The van der Waals surface area contributed by atoms with Crippen molar-refractivity contribution in [2.45, 2.75) is 13.5 Å². The Kier molecular flexibility index (Phi) is 4.07. The zero-order chi connectivity index (χ0) is 12.4. The average Bonchev–Trinajstić information content (AvgIpc) is 2.86. The van der Waals surface area contributed by atoms with Crippen LogP contribution in [0.15, 0.2) is 12.1 Å². The molecule has 1 fully saturated rings. The largest absolute Gasteiger partial charge is 0.340 e. The monoisotopic (exact) mass is 272 g/mol. The second-order valence-electron chi connectivity index (χ2n) is 4.64. The van der Waals surface area contributed by atoms with Gasteiger partial charge < -0.3 is 10.2 Å². The number of carbonyl (C=O) groups excluding carboxylic acids is 1. The number of nitrogens with one attached hydrogen (secondary N) is 1. The fraction of sp³-hybridized carbons (Fsp3) is 0.583. The van der Waals surface area contributed by atoms with Gasteiger partial charge in [0.05, 0.1) is 16.8 Å². The van der Waals surface area contributed by atoms with Gasteiger partial charge in [0.15, 0.2) is 0 Å².